The predicted molar refractivity (Wildman–Crippen MR) is 76.2 cm³/mol. The maximum Gasteiger partial charge on any atom is 0.137 e. The molecule has 0 aromatic carbocycles. The van der Waals surface area contributed by atoms with Gasteiger partial charge in [0.05, 0.1) is 0 Å². The number of nitrogens with zero attached hydrogens (tertiary/aromatic N) is 3. The molecular weight excluding hydrogens is 224 g/mol. The van der Waals surface area contributed by atoms with Crippen molar-refractivity contribution in [3.8, 4) is 0 Å². The Morgan fingerprint density at radius 3 is 2.94 bits per heavy atom. The highest BCUT2D eigenvalue weighted by molar-refractivity contribution is 5.58. The van der Waals surface area contributed by atoms with Gasteiger partial charge in [0.1, 0.15) is 18.0 Å². The van der Waals surface area contributed by atoms with Gasteiger partial charge in [0, 0.05) is 24.7 Å². The van der Waals surface area contributed by atoms with Crippen molar-refractivity contribution in [1.29, 1.82) is 0 Å². The molecule has 18 heavy (non-hydrogen) atoms. The summed E-state index contributed by atoms with van der Waals surface area (Å²) >= 11 is 0. The second kappa shape index (κ2) is 6.03. The first-order valence-electron chi connectivity index (χ1n) is 7.06. The molecule has 2 rings (SSSR count). The van der Waals surface area contributed by atoms with E-state index in [-0.39, 0.29) is 0 Å². The Kier molecular flexibility index (Phi) is 4.39. The van der Waals surface area contributed by atoms with Gasteiger partial charge in [0.15, 0.2) is 0 Å². The molecule has 4 heteroatoms. The minimum atomic E-state index is 0.579. The molecule has 1 N–H and O–H groups in total. The van der Waals surface area contributed by atoms with Crippen molar-refractivity contribution in [3.63, 3.8) is 0 Å². The van der Waals surface area contributed by atoms with E-state index in [1.807, 2.05) is 0 Å². The Hall–Kier alpha value is -1.32. The average molecular weight is 248 g/mol. The molecule has 1 unspecified atom stereocenters. The lowest BCUT2D eigenvalue weighted by Gasteiger charge is -2.29. The van der Waals surface area contributed by atoms with Gasteiger partial charge in [-0.05, 0) is 33.6 Å². The van der Waals surface area contributed by atoms with E-state index in [1.54, 1.807) is 6.33 Å². The topological polar surface area (TPSA) is 41.1 Å². The van der Waals surface area contributed by atoms with Crippen LogP contribution in [0.15, 0.2) is 6.33 Å². The smallest absolute Gasteiger partial charge is 0.137 e. The van der Waals surface area contributed by atoms with Gasteiger partial charge in [-0.15, -0.1) is 0 Å². The molecule has 0 spiro atoms. The summed E-state index contributed by atoms with van der Waals surface area (Å²) in [5.74, 6) is 2.08. The zero-order chi connectivity index (χ0) is 13.0. The van der Waals surface area contributed by atoms with Crippen LogP contribution >= 0.6 is 0 Å². The minimum Gasteiger partial charge on any atom is -0.370 e. The van der Waals surface area contributed by atoms with Crippen molar-refractivity contribution < 1.29 is 0 Å². The molecule has 1 aromatic rings. The fourth-order valence-electron chi connectivity index (χ4n) is 2.67. The van der Waals surface area contributed by atoms with E-state index >= 15 is 0 Å². The molecule has 1 aromatic heterocycles. The molecule has 100 valence electrons. The Bertz CT molecular complexity index is 391. The van der Waals surface area contributed by atoms with Gasteiger partial charge >= 0.3 is 0 Å². The molecule has 1 aliphatic heterocycles. The molecule has 1 saturated heterocycles. The van der Waals surface area contributed by atoms with E-state index in [0.717, 1.165) is 24.7 Å². The third-order valence-electron chi connectivity index (χ3n) is 3.73. The summed E-state index contributed by atoms with van der Waals surface area (Å²) in [5, 5.41) is 3.31. The number of rotatable bonds is 3. The van der Waals surface area contributed by atoms with Crippen molar-refractivity contribution in [2.75, 3.05) is 23.3 Å². The Morgan fingerprint density at radius 1 is 1.33 bits per heavy atom. The summed E-state index contributed by atoms with van der Waals surface area (Å²) in [6.07, 6.45) is 6.88. The van der Waals surface area contributed by atoms with Crippen LogP contribution in [-0.4, -0.2) is 29.1 Å². The van der Waals surface area contributed by atoms with E-state index in [0.29, 0.717) is 6.04 Å². The van der Waals surface area contributed by atoms with Crippen LogP contribution in [0.3, 0.4) is 0 Å². The predicted octanol–water partition coefficient (Wildman–Crippen LogP) is 2.99. The second-order valence-electron chi connectivity index (χ2n) is 5.09. The molecule has 2 heterocycles. The van der Waals surface area contributed by atoms with Crippen molar-refractivity contribution >= 4 is 11.6 Å². The highest BCUT2D eigenvalue weighted by Gasteiger charge is 2.21. The Labute approximate surface area is 110 Å². The molecule has 0 aliphatic carbocycles. The van der Waals surface area contributed by atoms with Crippen molar-refractivity contribution in [2.45, 2.75) is 52.5 Å². The maximum absolute atomic E-state index is 4.51. The van der Waals surface area contributed by atoms with Gasteiger partial charge in [-0.2, -0.15) is 0 Å². The van der Waals surface area contributed by atoms with E-state index in [1.165, 1.54) is 31.2 Å². The first-order chi connectivity index (χ1) is 8.74. The largest absolute Gasteiger partial charge is 0.370 e. The van der Waals surface area contributed by atoms with Gasteiger partial charge in [0.25, 0.3) is 0 Å². The normalized spacial score (nSPS) is 20.6. The quantitative estimate of drug-likeness (QED) is 0.893. The van der Waals surface area contributed by atoms with Crippen LogP contribution in [0.4, 0.5) is 11.6 Å². The standard InChI is InChI=1S/C14H24N4/c1-4-15-13-12(3)14(17-10-16-13)18-9-7-5-6-8-11(18)2/h10-11H,4-9H2,1-3H3,(H,15,16,17). The van der Waals surface area contributed by atoms with Crippen LogP contribution < -0.4 is 10.2 Å². The van der Waals surface area contributed by atoms with Gasteiger partial charge in [-0.1, -0.05) is 12.8 Å². The summed E-state index contributed by atoms with van der Waals surface area (Å²) in [7, 11) is 0. The molecule has 0 amide bonds. The summed E-state index contributed by atoms with van der Waals surface area (Å²) in [6.45, 7) is 8.53. The number of hydrogen-bond donors (Lipinski definition) is 1. The molecular formula is C14H24N4. The minimum absolute atomic E-state index is 0.579. The SMILES string of the molecule is CCNc1ncnc(N2CCCCCC2C)c1C. The lowest BCUT2D eigenvalue weighted by atomic mass is 10.1. The molecule has 1 fully saturated rings. The molecule has 0 saturated carbocycles. The van der Waals surface area contributed by atoms with Crippen molar-refractivity contribution in [1.82, 2.24) is 9.97 Å². The maximum atomic E-state index is 4.51. The number of nitrogens with one attached hydrogen (secondary N) is 1. The van der Waals surface area contributed by atoms with Gasteiger partial charge in [-0.25, -0.2) is 9.97 Å². The van der Waals surface area contributed by atoms with Crippen LogP contribution in [0.1, 0.15) is 45.1 Å². The van der Waals surface area contributed by atoms with Crippen LogP contribution in [0.2, 0.25) is 0 Å². The van der Waals surface area contributed by atoms with Crippen LogP contribution in [0.5, 0.6) is 0 Å². The Morgan fingerprint density at radius 2 is 2.17 bits per heavy atom. The van der Waals surface area contributed by atoms with Crippen LogP contribution in [0, 0.1) is 6.92 Å². The van der Waals surface area contributed by atoms with Gasteiger partial charge < -0.3 is 10.2 Å². The first kappa shape index (κ1) is 13.1. The monoisotopic (exact) mass is 248 g/mol. The highest BCUT2D eigenvalue weighted by Crippen LogP contribution is 2.27. The first-order valence-corrected chi connectivity index (χ1v) is 7.06. The third kappa shape index (κ3) is 2.74. The molecule has 0 radical (unpaired) electrons. The average Bonchev–Trinajstić information content (AvgIpc) is 2.57. The third-order valence-corrected chi connectivity index (χ3v) is 3.73. The molecule has 0 bridgehead atoms. The van der Waals surface area contributed by atoms with Gasteiger partial charge in [0.2, 0.25) is 0 Å². The fourth-order valence-corrected chi connectivity index (χ4v) is 2.67. The molecule has 1 aliphatic rings. The van der Waals surface area contributed by atoms with Crippen LogP contribution in [0.25, 0.3) is 0 Å². The van der Waals surface area contributed by atoms with E-state index in [4.69, 9.17) is 0 Å². The number of anilines is 2. The van der Waals surface area contributed by atoms with Crippen molar-refractivity contribution in [3.05, 3.63) is 11.9 Å². The van der Waals surface area contributed by atoms with Gasteiger partial charge in [-0.3, -0.25) is 0 Å². The van der Waals surface area contributed by atoms with Crippen molar-refractivity contribution in [2.24, 2.45) is 0 Å². The zero-order valence-electron chi connectivity index (χ0n) is 11.7. The number of aromatic nitrogens is 2. The summed E-state index contributed by atoms with van der Waals surface area (Å²) < 4.78 is 0. The lowest BCUT2D eigenvalue weighted by molar-refractivity contribution is 0.609. The molecule has 4 nitrogen and oxygen atoms in total. The summed E-state index contributed by atoms with van der Waals surface area (Å²) in [4.78, 5) is 11.3. The highest BCUT2D eigenvalue weighted by atomic mass is 15.2. The Balaban J connectivity index is 2.28. The second-order valence-corrected chi connectivity index (χ2v) is 5.09. The van der Waals surface area contributed by atoms with E-state index < -0.39 is 0 Å². The summed E-state index contributed by atoms with van der Waals surface area (Å²) in [6, 6.07) is 0.579. The lowest BCUT2D eigenvalue weighted by Crippen LogP contribution is -2.34. The van der Waals surface area contributed by atoms with Crippen LogP contribution in [-0.2, 0) is 0 Å². The van der Waals surface area contributed by atoms with E-state index in [2.05, 4.69) is 41.0 Å². The van der Waals surface area contributed by atoms with E-state index in [9.17, 15) is 0 Å². The molecule has 1 atom stereocenters. The summed E-state index contributed by atoms with van der Waals surface area (Å²) in [5.41, 5.74) is 1.17. The number of hydrogen-bond acceptors (Lipinski definition) is 4. The zero-order valence-corrected chi connectivity index (χ0v) is 11.7. The fraction of sp³-hybridized carbons (Fsp3) is 0.714.